The Hall–Kier alpha value is -3.22. The van der Waals surface area contributed by atoms with Crippen molar-refractivity contribution in [3.63, 3.8) is 0 Å². The van der Waals surface area contributed by atoms with Gasteiger partial charge >= 0.3 is 11.8 Å². The lowest BCUT2D eigenvalue weighted by Gasteiger charge is -2.35. The summed E-state index contributed by atoms with van der Waals surface area (Å²) in [5, 5.41) is 4.85. The molecule has 7 heteroatoms. The molecular weight excluding hydrogens is 349 g/mol. The molecule has 0 saturated carbocycles. The lowest BCUT2D eigenvalue weighted by molar-refractivity contribution is -0.133. The van der Waals surface area contributed by atoms with Crippen LogP contribution in [-0.2, 0) is 27.2 Å². The molecule has 6 nitrogen and oxygen atoms in total. The smallest absolute Gasteiger partial charge is 0.314 e. The molecule has 0 fully saturated rings. The fourth-order valence-corrected chi connectivity index (χ4v) is 3.65. The number of carbonyl (C=O) groups excluding carboxylic acids is 3. The van der Waals surface area contributed by atoms with E-state index in [1.807, 2.05) is 4.90 Å². The molecule has 0 saturated heterocycles. The van der Waals surface area contributed by atoms with Crippen molar-refractivity contribution in [3.8, 4) is 0 Å². The third-order valence-corrected chi connectivity index (χ3v) is 4.86. The van der Waals surface area contributed by atoms with E-state index in [0.29, 0.717) is 18.5 Å². The average molecular weight is 367 g/mol. The predicted molar refractivity (Wildman–Crippen MR) is 99.1 cm³/mol. The van der Waals surface area contributed by atoms with Crippen LogP contribution in [0, 0.1) is 5.82 Å². The third kappa shape index (κ3) is 3.28. The van der Waals surface area contributed by atoms with Crippen molar-refractivity contribution >= 4 is 34.8 Å². The third-order valence-electron chi connectivity index (χ3n) is 4.86. The van der Waals surface area contributed by atoms with Gasteiger partial charge in [0, 0.05) is 18.7 Å². The Bertz CT molecular complexity index is 940. The van der Waals surface area contributed by atoms with Crippen LogP contribution in [0.4, 0.5) is 21.5 Å². The SMILES string of the molecule is O=C(Nc1cc2c3c(c1)CCC(=O)N3CCC2)C(=O)Nc1ccccc1F. The number of amides is 3. The van der Waals surface area contributed by atoms with Gasteiger partial charge in [-0.15, -0.1) is 0 Å². The molecular formula is C20H18FN3O3. The molecule has 2 aromatic carbocycles. The molecule has 3 amide bonds. The zero-order valence-electron chi connectivity index (χ0n) is 14.5. The van der Waals surface area contributed by atoms with E-state index in [4.69, 9.17) is 0 Å². The number of nitrogens with zero attached hydrogens (tertiary/aromatic N) is 1. The van der Waals surface area contributed by atoms with Crippen LogP contribution in [0.1, 0.15) is 24.0 Å². The molecule has 2 aliphatic heterocycles. The summed E-state index contributed by atoms with van der Waals surface area (Å²) in [4.78, 5) is 38.2. The Kier molecular flexibility index (Phi) is 4.35. The summed E-state index contributed by atoms with van der Waals surface area (Å²) in [5.41, 5.74) is 3.40. The molecule has 2 aromatic rings. The molecule has 0 atom stereocenters. The first-order valence-corrected chi connectivity index (χ1v) is 8.86. The number of nitrogens with one attached hydrogen (secondary N) is 2. The van der Waals surface area contributed by atoms with E-state index in [2.05, 4.69) is 10.6 Å². The van der Waals surface area contributed by atoms with Gasteiger partial charge in [-0.25, -0.2) is 4.39 Å². The molecule has 2 heterocycles. The van der Waals surface area contributed by atoms with Gasteiger partial charge in [-0.05, 0) is 54.7 Å². The van der Waals surface area contributed by atoms with Gasteiger partial charge in [0.15, 0.2) is 0 Å². The quantitative estimate of drug-likeness (QED) is 0.801. The zero-order valence-corrected chi connectivity index (χ0v) is 14.5. The minimum Gasteiger partial charge on any atom is -0.318 e. The molecule has 0 bridgehead atoms. The summed E-state index contributed by atoms with van der Waals surface area (Å²) in [5.74, 6) is -2.29. The highest BCUT2D eigenvalue weighted by Crippen LogP contribution is 2.37. The maximum atomic E-state index is 13.6. The van der Waals surface area contributed by atoms with Crippen LogP contribution in [0.25, 0.3) is 0 Å². The van der Waals surface area contributed by atoms with Crippen molar-refractivity contribution < 1.29 is 18.8 Å². The molecule has 0 unspecified atom stereocenters. The number of benzene rings is 2. The number of hydrogen-bond acceptors (Lipinski definition) is 3. The van der Waals surface area contributed by atoms with Gasteiger partial charge in [-0.2, -0.15) is 0 Å². The van der Waals surface area contributed by atoms with Gasteiger partial charge in [-0.1, -0.05) is 12.1 Å². The Morgan fingerprint density at radius 2 is 1.67 bits per heavy atom. The minimum absolute atomic E-state index is 0.0488. The molecule has 138 valence electrons. The van der Waals surface area contributed by atoms with Crippen LogP contribution in [0.3, 0.4) is 0 Å². The van der Waals surface area contributed by atoms with Crippen LogP contribution in [0.2, 0.25) is 0 Å². The first-order valence-electron chi connectivity index (χ1n) is 8.86. The van der Waals surface area contributed by atoms with E-state index >= 15 is 0 Å². The highest BCUT2D eigenvalue weighted by Gasteiger charge is 2.30. The molecule has 0 spiro atoms. The summed E-state index contributed by atoms with van der Waals surface area (Å²) in [6.45, 7) is 0.718. The summed E-state index contributed by atoms with van der Waals surface area (Å²) in [6.07, 6.45) is 2.74. The van der Waals surface area contributed by atoms with Gasteiger partial charge < -0.3 is 15.5 Å². The van der Waals surface area contributed by atoms with E-state index in [9.17, 15) is 18.8 Å². The van der Waals surface area contributed by atoms with Gasteiger partial charge in [0.1, 0.15) is 5.82 Å². The van der Waals surface area contributed by atoms with E-state index in [0.717, 1.165) is 36.2 Å². The molecule has 4 rings (SSSR count). The lowest BCUT2D eigenvalue weighted by Crippen LogP contribution is -2.39. The van der Waals surface area contributed by atoms with Gasteiger partial charge in [-0.3, -0.25) is 14.4 Å². The standard InChI is InChI=1S/C20H18FN3O3/c21-15-5-1-2-6-16(15)23-20(27)19(26)22-14-10-12-4-3-9-24-17(25)8-7-13(11-14)18(12)24/h1-2,5-6,10-11H,3-4,7-9H2,(H,22,26)(H,23,27). The number of para-hydroxylation sites is 1. The number of rotatable bonds is 2. The Labute approximate surface area is 155 Å². The maximum absolute atomic E-state index is 13.6. The largest absolute Gasteiger partial charge is 0.318 e. The van der Waals surface area contributed by atoms with Crippen molar-refractivity contribution in [2.45, 2.75) is 25.7 Å². The Balaban J connectivity index is 1.53. The summed E-state index contributed by atoms with van der Waals surface area (Å²) < 4.78 is 13.6. The monoisotopic (exact) mass is 367 g/mol. The van der Waals surface area contributed by atoms with E-state index in [1.54, 1.807) is 18.2 Å². The second-order valence-electron chi connectivity index (χ2n) is 6.68. The molecule has 2 aliphatic rings. The highest BCUT2D eigenvalue weighted by atomic mass is 19.1. The van der Waals surface area contributed by atoms with E-state index < -0.39 is 17.6 Å². The number of aryl methyl sites for hydroxylation is 2. The van der Waals surface area contributed by atoms with Crippen LogP contribution in [-0.4, -0.2) is 24.3 Å². The van der Waals surface area contributed by atoms with Crippen LogP contribution >= 0.6 is 0 Å². The van der Waals surface area contributed by atoms with Crippen molar-refractivity contribution in [3.05, 3.63) is 53.3 Å². The van der Waals surface area contributed by atoms with E-state index in [-0.39, 0.29) is 11.6 Å². The minimum atomic E-state index is -0.941. The van der Waals surface area contributed by atoms with E-state index in [1.165, 1.54) is 18.2 Å². The second kappa shape index (κ2) is 6.83. The maximum Gasteiger partial charge on any atom is 0.314 e. The molecule has 0 aromatic heterocycles. The fraction of sp³-hybridized carbons (Fsp3) is 0.250. The second-order valence-corrected chi connectivity index (χ2v) is 6.68. The number of carbonyl (C=O) groups is 3. The summed E-state index contributed by atoms with van der Waals surface area (Å²) in [6, 6.07) is 9.26. The molecule has 0 aliphatic carbocycles. The average Bonchev–Trinajstić information content (AvgIpc) is 2.66. The van der Waals surface area contributed by atoms with Crippen LogP contribution < -0.4 is 15.5 Å². The van der Waals surface area contributed by atoms with Gasteiger partial charge in [0.05, 0.1) is 11.4 Å². The normalized spacial score (nSPS) is 15.1. The number of halogens is 1. The van der Waals surface area contributed by atoms with Gasteiger partial charge in [0.25, 0.3) is 0 Å². The Morgan fingerprint density at radius 1 is 0.963 bits per heavy atom. The zero-order chi connectivity index (χ0) is 19.0. The number of hydrogen-bond donors (Lipinski definition) is 2. The van der Waals surface area contributed by atoms with Crippen molar-refractivity contribution in [1.29, 1.82) is 0 Å². The number of anilines is 3. The summed E-state index contributed by atoms with van der Waals surface area (Å²) >= 11 is 0. The highest BCUT2D eigenvalue weighted by molar-refractivity contribution is 6.43. The molecule has 27 heavy (non-hydrogen) atoms. The van der Waals surface area contributed by atoms with Gasteiger partial charge in [0.2, 0.25) is 5.91 Å². The van der Waals surface area contributed by atoms with Crippen LogP contribution in [0.15, 0.2) is 36.4 Å². The first-order chi connectivity index (χ1) is 13.0. The lowest BCUT2D eigenvalue weighted by atomic mass is 9.91. The van der Waals surface area contributed by atoms with Crippen LogP contribution in [0.5, 0.6) is 0 Å². The topological polar surface area (TPSA) is 78.5 Å². The van der Waals surface area contributed by atoms with Crippen molar-refractivity contribution in [2.75, 3.05) is 22.1 Å². The Morgan fingerprint density at radius 3 is 2.44 bits per heavy atom. The summed E-state index contributed by atoms with van der Waals surface area (Å²) in [7, 11) is 0. The van der Waals surface area contributed by atoms with Crippen molar-refractivity contribution in [2.24, 2.45) is 0 Å². The first kappa shape index (κ1) is 17.2. The molecule has 0 radical (unpaired) electrons. The van der Waals surface area contributed by atoms with Crippen molar-refractivity contribution in [1.82, 2.24) is 0 Å². The predicted octanol–water partition coefficient (Wildman–Crippen LogP) is 2.63. The molecule has 2 N–H and O–H groups in total. The fourth-order valence-electron chi connectivity index (χ4n) is 3.65.